The number of phenolic OH excluding ortho intramolecular Hbond substituents is 2. The van der Waals surface area contributed by atoms with Crippen LogP contribution < -0.4 is 0 Å². The predicted molar refractivity (Wildman–Crippen MR) is 49.8 cm³/mol. The summed E-state index contributed by atoms with van der Waals surface area (Å²) in [6.45, 7) is 1.88. The standard InChI is InChI=1S/C10H9NO2/c1-6-2-3-7-4-9(12)10(13)5-8(7)11-6/h2-5,12-13H,1H3. The van der Waals surface area contributed by atoms with Gasteiger partial charge in [0.15, 0.2) is 11.5 Å². The molecule has 2 rings (SSSR count). The number of hydrogen-bond donors (Lipinski definition) is 2. The van der Waals surface area contributed by atoms with Gasteiger partial charge in [0.2, 0.25) is 0 Å². The second-order valence-electron chi connectivity index (χ2n) is 2.99. The zero-order valence-corrected chi connectivity index (χ0v) is 7.15. The van der Waals surface area contributed by atoms with Crippen LogP contribution in [0.25, 0.3) is 10.9 Å². The van der Waals surface area contributed by atoms with Gasteiger partial charge < -0.3 is 10.2 Å². The third kappa shape index (κ3) is 1.28. The highest BCUT2D eigenvalue weighted by molar-refractivity contribution is 5.82. The van der Waals surface area contributed by atoms with Crippen molar-refractivity contribution in [1.29, 1.82) is 0 Å². The molecule has 0 bridgehead atoms. The lowest BCUT2D eigenvalue weighted by Crippen LogP contribution is -1.82. The molecule has 0 aliphatic heterocycles. The first kappa shape index (κ1) is 7.86. The molecule has 66 valence electrons. The molecule has 0 amide bonds. The number of nitrogens with zero attached hydrogens (tertiary/aromatic N) is 1. The van der Waals surface area contributed by atoms with E-state index in [4.69, 9.17) is 0 Å². The maximum absolute atomic E-state index is 9.22. The molecule has 2 N–H and O–H groups in total. The van der Waals surface area contributed by atoms with Crippen molar-refractivity contribution in [3.8, 4) is 11.5 Å². The molecule has 3 heteroatoms. The van der Waals surface area contributed by atoms with E-state index in [1.807, 2.05) is 19.1 Å². The number of aryl methyl sites for hydroxylation is 1. The van der Waals surface area contributed by atoms with Crippen LogP contribution in [-0.4, -0.2) is 15.2 Å². The molecular formula is C10H9NO2. The zero-order chi connectivity index (χ0) is 9.42. The highest BCUT2D eigenvalue weighted by Gasteiger charge is 2.02. The fourth-order valence-corrected chi connectivity index (χ4v) is 1.25. The van der Waals surface area contributed by atoms with E-state index in [0.717, 1.165) is 11.1 Å². The van der Waals surface area contributed by atoms with E-state index in [1.54, 1.807) is 0 Å². The highest BCUT2D eigenvalue weighted by atomic mass is 16.3. The Morgan fingerprint density at radius 3 is 2.54 bits per heavy atom. The van der Waals surface area contributed by atoms with Crippen molar-refractivity contribution in [3.63, 3.8) is 0 Å². The van der Waals surface area contributed by atoms with Crippen molar-refractivity contribution >= 4 is 10.9 Å². The van der Waals surface area contributed by atoms with Gasteiger partial charge in [-0.25, -0.2) is 0 Å². The molecule has 0 radical (unpaired) electrons. The largest absolute Gasteiger partial charge is 0.504 e. The van der Waals surface area contributed by atoms with Gasteiger partial charge in [0.25, 0.3) is 0 Å². The summed E-state index contributed by atoms with van der Waals surface area (Å²) >= 11 is 0. The molecular weight excluding hydrogens is 166 g/mol. The average molecular weight is 175 g/mol. The summed E-state index contributed by atoms with van der Waals surface area (Å²) in [5.74, 6) is -0.247. The Balaban J connectivity index is 2.81. The van der Waals surface area contributed by atoms with E-state index in [-0.39, 0.29) is 11.5 Å². The van der Waals surface area contributed by atoms with E-state index in [9.17, 15) is 10.2 Å². The van der Waals surface area contributed by atoms with Gasteiger partial charge in [0.1, 0.15) is 0 Å². The number of fused-ring (bicyclic) bond motifs is 1. The summed E-state index contributed by atoms with van der Waals surface area (Å²) in [6, 6.07) is 6.67. The molecule has 0 spiro atoms. The van der Waals surface area contributed by atoms with Crippen LogP contribution in [0.1, 0.15) is 5.69 Å². The van der Waals surface area contributed by atoms with Gasteiger partial charge in [-0.3, -0.25) is 4.98 Å². The van der Waals surface area contributed by atoms with E-state index in [1.165, 1.54) is 12.1 Å². The number of benzene rings is 1. The van der Waals surface area contributed by atoms with Crippen molar-refractivity contribution < 1.29 is 10.2 Å². The zero-order valence-electron chi connectivity index (χ0n) is 7.15. The van der Waals surface area contributed by atoms with Crippen LogP contribution in [0.15, 0.2) is 24.3 Å². The van der Waals surface area contributed by atoms with Gasteiger partial charge in [-0.2, -0.15) is 0 Å². The summed E-state index contributed by atoms with van der Waals surface area (Å²) in [4.78, 5) is 4.21. The van der Waals surface area contributed by atoms with Gasteiger partial charge in [0, 0.05) is 17.1 Å². The third-order valence-corrected chi connectivity index (χ3v) is 1.92. The summed E-state index contributed by atoms with van der Waals surface area (Å²) in [6.07, 6.45) is 0. The van der Waals surface area contributed by atoms with E-state index < -0.39 is 0 Å². The fourth-order valence-electron chi connectivity index (χ4n) is 1.25. The smallest absolute Gasteiger partial charge is 0.159 e. The number of aromatic nitrogens is 1. The van der Waals surface area contributed by atoms with E-state index in [2.05, 4.69) is 4.98 Å². The SMILES string of the molecule is Cc1ccc2cc(O)c(O)cc2n1. The first-order valence-electron chi connectivity index (χ1n) is 3.96. The van der Waals surface area contributed by atoms with Crippen molar-refractivity contribution in [2.45, 2.75) is 6.92 Å². The van der Waals surface area contributed by atoms with Crippen molar-refractivity contribution in [3.05, 3.63) is 30.0 Å². The van der Waals surface area contributed by atoms with Crippen LogP contribution in [0.3, 0.4) is 0 Å². The molecule has 0 saturated heterocycles. The molecule has 2 aromatic rings. The summed E-state index contributed by atoms with van der Waals surface area (Å²) in [5, 5.41) is 19.2. The van der Waals surface area contributed by atoms with Crippen molar-refractivity contribution in [1.82, 2.24) is 4.98 Å². The fraction of sp³-hybridized carbons (Fsp3) is 0.100. The van der Waals surface area contributed by atoms with Crippen LogP contribution in [0.4, 0.5) is 0 Å². The minimum absolute atomic E-state index is 0.113. The number of phenols is 2. The lowest BCUT2D eigenvalue weighted by Gasteiger charge is -2.01. The molecule has 0 atom stereocenters. The summed E-state index contributed by atoms with van der Waals surface area (Å²) in [5.41, 5.74) is 1.58. The second-order valence-corrected chi connectivity index (χ2v) is 2.99. The van der Waals surface area contributed by atoms with Gasteiger partial charge >= 0.3 is 0 Å². The topological polar surface area (TPSA) is 53.4 Å². The molecule has 1 aromatic heterocycles. The monoisotopic (exact) mass is 175 g/mol. The number of rotatable bonds is 0. The van der Waals surface area contributed by atoms with Crippen molar-refractivity contribution in [2.75, 3.05) is 0 Å². The minimum Gasteiger partial charge on any atom is -0.504 e. The van der Waals surface area contributed by atoms with Gasteiger partial charge in [0.05, 0.1) is 5.52 Å². The Bertz CT molecular complexity index is 466. The Morgan fingerprint density at radius 1 is 1.08 bits per heavy atom. The van der Waals surface area contributed by atoms with Crippen LogP contribution in [-0.2, 0) is 0 Å². The molecule has 13 heavy (non-hydrogen) atoms. The quantitative estimate of drug-likeness (QED) is 0.602. The number of pyridine rings is 1. The molecule has 1 aromatic carbocycles. The van der Waals surface area contributed by atoms with Gasteiger partial charge in [-0.05, 0) is 19.1 Å². The maximum Gasteiger partial charge on any atom is 0.159 e. The molecule has 0 saturated carbocycles. The maximum atomic E-state index is 9.22. The first-order chi connectivity index (χ1) is 6.16. The normalized spacial score (nSPS) is 10.5. The Morgan fingerprint density at radius 2 is 1.77 bits per heavy atom. The number of hydrogen-bond acceptors (Lipinski definition) is 3. The molecule has 0 aliphatic rings. The van der Waals surface area contributed by atoms with E-state index >= 15 is 0 Å². The average Bonchev–Trinajstić information content (AvgIpc) is 2.08. The number of aromatic hydroxyl groups is 2. The highest BCUT2D eigenvalue weighted by Crippen LogP contribution is 2.28. The Kier molecular flexibility index (Phi) is 1.59. The minimum atomic E-state index is -0.134. The summed E-state index contributed by atoms with van der Waals surface area (Å²) < 4.78 is 0. The Labute approximate surface area is 75.3 Å². The third-order valence-electron chi connectivity index (χ3n) is 1.92. The lowest BCUT2D eigenvalue weighted by atomic mass is 10.2. The van der Waals surface area contributed by atoms with Crippen LogP contribution in [0.2, 0.25) is 0 Å². The molecule has 0 fully saturated rings. The molecule has 1 heterocycles. The van der Waals surface area contributed by atoms with Gasteiger partial charge in [-0.1, -0.05) is 6.07 Å². The van der Waals surface area contributed by atoms with Crippen LogP contribution in [0, 0.1) is 6.92 Å². The lowest BCUT2D eigenvalue weighted by molar-refractivity contribution is 0.405. The Hall–Kier alpha value is -1.77. The summed E-state index contributed by atoms with van der Waals surface area (Å²) in [7, 11) is 0. The van der Waals surface area contributed by atoms with Gasteiger partial charge in [-0.15, -0.1) is 0 Å². The van der Waals surface area contributed by atoms with Crippen LogP contribution >= 0.6 is 0 Å². The molecule has 3 nitrogen and oxygen atoms in total. The molecule has 0 unspecified atom stereocenters. The van der Waals surface area contributed by atoms with Crippen molar-refractivity contribution in [2.24, 2.45) is 0 Å². The van der Waals surface area contributed by atoms with Crippen LogP contribution in [0.5, 0.6) is 11.5 Å². The first-order valence-corrected chi connectivity index (χ1v) is 3.96. The predicted octanol–water partition coefficient (Wildman–Crippen LogP) is 1.95. The van der Waals surface area contributed by atoms with E-state index in [0.29, 0.717) is 5.52 Å². The molecule has 0 aliphatic carbocycles. The second kappa shape index (κ2) is 2.62.